The number of aromatic nitrogens is 1. The van der Waals surface area contributed by atoms with Crippen LogP contribution in [-0.2, 0) is 20.9 Å². The molecule has 0 unspecified atom stereocenters. The number of amides is 1. The molecule has 2 heterocycles. The number of amidine groups is 1. The lowest BCUT2D eigenvalue weighted by atomic mass is 10.1. The van der Waals surface area contributed by atoms with Crippen LogP contribution >= 0.6 is 11.8 Å². The Morgan fingerprint density at radius 3 is 2.33 bits per heavy atom. The molecular formula is C33H33N3O3S. The molecule has 0 spiro atoms. The van der Waals surface area contributed by atoms with Gasteiger partial charge in [0.1, 0.15) is 6.54 Å². The Balaban J connectivity index is 1.63. The smallest absolute Gasteiger partial charge is 0.325 e. The minimum Gasteiger partial charge on any atom is -0.465 e. The maximum Gasteiger partial charge on any atom is 0.325 e. The van der Waals surface area contributed by atoms with Crippen molar-refractivity contribution >= 4 is 57.2 Å². The fraction of sp³-hybridized carbons (Fsp3) is 0.242. The number of ether oxygens (including phenoxy) is 1. The molecule has 0 saturated carbocycles. The molecule has 4 aromatic rings. The minimum absolute atomic E-state index is 0.110. The summed E-state index contributed by atoms with van der Waals surface area (Å²) in [5, 5.41) is 1.58. The van der Waals surface area contributed by atoms with Crippen LogP contribution < -0.4 is 4.90 Å². The average Bonchev–Trinajstić information content (AvgIpc) is 3.36. The fourth-order valence-electron chi connectivity index (χ4n) is 4.86. The van der Waals surface area contributed by atoms with Gasteiger partial charge < -0.3 is 9.30 Å². The van der Waals surface area contributed by atoms with E-state index in [2.05, 4.69) is 26.8 Å². The molecule has 204 valence electrons. The monoisotopic (exact) mass is 551 g/mol. The standard InChI is InChI=1S/C33H33N3O3S/c1-7-39-31(37)19-35-24(6)28(27-10-8-9-11-29(27)35)18-30-32(38)36(26-15-13-21(3)23(5)17-26)33(40-30)34-25-14-12-20(2)22(4)16-25/h8-18H,7,19H2,1-6H3/b30-18-,34-33?. The van der Waals surface area contributed by atoms with Crippen LogP contribution in [-0.4, -0.2) is 28.2 Å². The first-order valence-corrected chi connectivity index (χ1v) is 14.2. The van der Waals surface area contributed by atoms with Gasteiger partial charge in [0.25, 0.3) is 5.91 Å². The van der Waals surface area contributed by atoms with E-state index in [1.165, 1.54) is 17.3 Å². The Bertz CT molecular complexity index is 1710. The summed E-state index contributed by atoms with van der Waals surface area (Å²) in [6.45, 7) is 12.5. The molecule has 5 rings (SSSR count). The minimum atomic E-state index is -0.291. The first-order chi connectivity index (χ1) is 19.2. The molecule has 1 aliphatic rings. The van der Waals surface area contributed by atoms with Gasteiger partial charge in [0.15, 0.2) is 5.17 Å². The second-order valence-electron chi connectivity index (χ2n) is 10.1. The molecule has 1 amide bonds. The lowest BCUT2D eigenvalue weighted by Gasteiger charge is -2.17. The van der Waals surface area contributed by atoms with Crippen molar-refractivity contribution in [3.8, 4) is 0 Å². The highest BCUT2D eigenvalue weighted by Gasteiger charge is 2.35. The van der Waals surface area contributed by atoms with Gasteiger partial charge in [-0.2, -0.15) is 0 Å². The molecule has 0 bridgehead atoms. The van der Waals surface area contributed by atoms with Crippen molar-refractivity contribution in [3.63, 3.8) is 0 Å². The van der Waals surface area contributed by atoms with Crippen LogP contribution in [0.15, 0.2) is 70.6 Å². The van der Waals surface area contributed by atoms with Crippen LogP contribution in [0.1, 0.15) is 40.4 Å². The van der Waals surface area contributed by atoms with Gasteiger partial charge in [-0.15, -0.1) is 0 Å². The molecule has 1 fully saturated rings. The molecule has 1 aromatic heterocycles. The summed E-state index contributed by atoms with van der Waals surface area (Å²) < 4.78 is 7.17. The Morgan fingerprint density at radius 2 is 1.62 bits per heavy atom. The maximum atomic E-state index is 14.0. The molecule has 6 nitrogen and oxygen atoms in total. The summed E-state index contributed by atoms with van der Waals surface area (Å²) in [6.07, 6.45) is 1.93. The third-order valence-electron chi connectivity index (χ3n) is 7.42. The Hall–Kier alpha value is -4.10. The van der Waals surface area contributed by atoms with Gasteiger partial charge in [-0.05, 0) is 112 Å². The van der Waals surface area contributed by atoms with E-state index >= 15 is 0 Å². The Kier molecular flexibility index (Phi) is 7.68. The Labute approximate surface area is 239 Å². The van der Waals surface area contributed by atoms with E-state index in [0.717, 1.165) is 50.2 Å². The normalized spacial score (nSPS) is 15.6. The second kappa shape index (κ2) is 11.2. The predicted octanol–water partition coefficient (Wildman–Crippen LogP) is 7.56. The van der Waals surface area contributed by atoms with Gasteiger partial charge in [0.2, 0.25) is 0 Å². The topological polar surface area (TPSA) is 63.9 Å². The van der Waals surface area contributed by atoms with E-state index in [0.29, 0.717) is 16.7 Å². The molecule has 1 aliphatic heterocycles. The number of hydrogen-bond acceptors (Lipinski definition) is 5. The van der Waals surface area contributed by atoms with E-state index in [-0.39, 0.29) is 18.4 Å². The number of para-hydroxylation sites is 1. The van der Waals surface area contributed by atoms with E-state index in [4.69, 9.17) is 9.73 Å². The maximum absolute atomic E-state index is 14.0. The average molecular weight is 552 g/mol. The van der Waals surface area contributed by atoms with Crippen LogP contribution in [0.3, 0.4) is 0 Å². The van der Waals surface area contributed by atoms with Crippen LogP contribution in [0.4, 0.5) is 11.4 Å². The quantitative estimate of drug-likeness (QED) is 0.183. The lowest BCUT2D eigenvalue weighted by Crippen LogP contribution is -2.28. The number of rotatable bonds is 6. The van der Waals surface area contributed by atoms with E-state index in [9.17, 15) is 9.59 Å². The number of anilines is 1. The summed E-state index contributed by atoms with van der Waals surface area (Å²) >= 11 is 1.37. The van der Waals surface area contributed by atoms with Gasteiger partial charge in [0, 0.05) is 22.2 Å². The van der Waals surface area contributed by atoms with Crippen molar-refractivity contribution in [3.05, 3.63) is 99.1 Å². The predicted molar refractivity (Wildman–Crippen MR) is 165 cm³/mol. The molecule has 0 N–H and O–H groups in total. The van der Waals surface area contributed by atoms with E-state index in [1.54, 1.807) is 11.8 Å². The molecule has 1 saturated heterocycles. The number of nitrogens with zero attached hydrogens (tertiary/aromatic N) is 3. The van der Waals surface area contributed by atoms with Crippen molar-refractivity contribution in [2.24, 2.45) is 4.99 Å². The fourth-order valence-corrected chi connectivity index (χ4v) is 5.84. The number of hydrogen-bond donors (Lipinski definition) is 0. The summed E-state index contributed by atoms with van der Waals surface area (Å²) in [5.74, 6) is -0.418. The largest absolute Gasteiger partial charge is 0.465 e. The van der Waals surface area contributed by atoms with E-state index in [1.807, 2.05) is 79.1 Å². The number of thioether (sulfide) groups is 1. The number of carbonyl (C=O) groups excluding carboxylic acids is 2. The van der Waals surface area contributed by atoms with Crippen molar-refractivity contribution in [1.29, 1.82) is 0 Å². The number of aryl methyl sites for hydroxylation is 4. The first kappa shape index (κ1) is 27.5. The van der Waals surface area contributed by atoms with Crippen LogP contribution in [0.5, 0.6) is 0 Å². The highest BCUT2D eigenvalue weighted by atomic mass is 32.2. The highest BCUT2D eigenvalue weighted by Crippen LogP contribution is 2.39. The van der Waals surface area contributed by atoms with Gasteiger partial charge >= 0.3 is 5.97 Å². The molecule has 0 aliphatic carbocycles. The van der Waals surface area contributed by atoms with Crippen molar-refractivity contribution in [2.75, 3.05) is 11.5 Å². The summed E-state index contributed by atoms with van der Waals surface area (Å²) in [7, 11) is 0. The third-order valence-corrected chi connectivity index (χ3v) is 8.39. The van der Waals surface area contributed by atoms with Crippen molar-refractivity contribution < 1.29 is 14.3 Å². The molecule has 40 heavy (non-hydrogen) atoms. The highest BCUT2D eigenvalue weighted by molar-refractivity contribution is 8.19. The lowest BCUT2D eigenvalue weighted by molar-refractivity contribution is -0.143. The summed E-state index contributed by atoms with van der Waals surface area (Å²) in [6, 6.07) is 20.0. The van der Waals surface area contributed by atoms with E-state index < -0.39 is 0 Å². The molecule has 0 atom stereocenters. The van der Waals surface area contributed by atoms with Gasteiger partial charge in [-0.1, -0.05) is 30.3 Å². The molecular weight excluding hydrogens is 518 g/mol. The number of fused-ring (bicyclic) bond motifs is 1. The number of benzene rings is 3. The molecule has 7 heteroatoms. The number of aliphatic imine (C=N–C) groups is 1. The molecule has 0 radical (unpaired) electrons. The SMILES string of the molecule is CCOC(=O)Cn1c(C)c(/C=C2\SC(=Nc3ccc(C)c(C)c3)N(c3ccc(C)c(C)c3)C2=O)c2ccccc21. The zero-order valence-corrected chi connectivity index (χ0v) is 24.6. The van der Waals surface area contributed by atoms with Gasteiger partial charge in [0.05, 0.1) is 22.9 Å². The third kappa shape index (κ3) is 5.21. The second-order valence-corrected chi connectivity index (χ2v) is 11.1. The number of esters is 1. The summed E-state index contributed by atoms with van der Waals surface area (Å²) in [5.41, 5.74) is 8.92. The molecule has 3 aromatic carbocycles. The van der Waals surface area contributed by atoms with Gasteiger partial charge in [-0.3, -0.25) is 14.5 Å². The van der Waals surface area contributed by atoms with Crippen LogP contribution in [0, 0.1) is 34.6 Å². The van der Waals surface area contributed by atoms with Gasteiger partial charge in [-0.25, -0.2) is 4.99 Å². The summed E-state index contributed by atoms with van der Waals surface area (Å²) in [4.78, 5) is 33.6. The first-order valence-electron chi connectivity index (χ1n) is 13.4. The van der Waals surface area contributed by atoms with Crippen LogP contribution in [0.2, 0.25) is 0 Å². The van der Waals surface area contributed by atoms with Crippen molar-refractivity contribution in [1.82, 2.24) is 4.57 Å². The number of carbonyl (C=O) groups is 2. The Morgan fingerprint density at radius 1 is 0.925 bits per heavy atom. The zero-order valence-electron chi connectivity index (χ0n) is 23.7. The zero-order chi connectivity index (χ0) is 28.6. The van der Waals surface area contributed by atoms with Crippen molar-refractivity contribution in [2.45, 2.75) is 48.1 Å². The van der Waals surface area contributed by atoms with Crippen LogP contribution in [0.25, 0.3) is 17.0 Å².